The molecule has 2 N–H and O–H groups in total. The van der Waals surface area contributed by atoms with Gasteiger partial charge in [0.25, 0.3) is 0 Å². The second kappa shape index (κ2) is 8.14. The van der Waals surface area contributed by atoms with E-state index in [0.717, 1.165) is 17.1 Å². The topological polar surface area (TPSA) is 57.3 Å². The summed E-state index contributed by atoms with van der Waals surface area (Å²) in [5.74, 6) is 0.00567. The minimum atomic E-state index is 0.00567. The Morgan fingerprint density at radius 1 is 1.14 bits per heavy atom. The van der Waals surface area contributed by atoms with E-state index in [4.69, 9.17) is 0 Å². The molecule has 1 heterocycles. The molecular formula is C17H22N4O. The summed E-state index contributed by atoms with van der Waals surface area (Å²) >= 11 is 0. The molecule has 22 heavy (non-hydrogen) atoms. The number of benzene rings is 1. The maximum atomic E-state index is 11.9. The Morgan fingerprint density at radius 2 is 1.91 bits per heavy atom. The fraction of sp³-hybridized carbons (Fsp3) is 0.294. The van der Waals surface area contributed by atoms with Crippen molar-refractivity contribution in [1.82, 2.24) is 10.3 Å². The molecule has 5 heteroatoms. The van der Waals surface area contributed by atoms with Gasteiger partial charge in [0, 0.05) is 51.2 Å². The highest BCUT2D eigenvalue weighted by molar-refractivity contribution is 5.91. The molecule has 0 aliphatic rings. The number of pyridine rings is 1. The molecule has 2 aromatic rings. The van der Waals surface area contributed by atoms with Crippen LogP contribution in [0.1, 0.15) is 12.1 Å². The summed E-state index contributed by atoms with van der Waals surface area (Å²) in [5.41, 5.74) is 2.90. The van der Waals surface area contributed by atoms with Crippen molar-refractivity contribution in [2.75, 3.05) is 30.9 Å². The fourth-order valence-corrected chi connectivity index (χ4v) is 1.99. The zero-order valence-corrected chi connectivity index (χ0v) is 13.0. The Bertz CT molecular complexity index is 581. The van der Waals surface area contributed by atoms with Crippen LogP contribution in [0.4, 0.5) is 11.4 Å². The lowest BCUT2D eigenvalue weighted by Crippen LogP contribution is -2.21. The summed E-state index contributed by atoms with van der Waals surface area (Å²) in [4.78, 5) is 18.1. The van der Waals surface area contributed by atoms with Gasteiger partial charge in [0.1, 0.15) is 0 Å². The molecule has 116 valence electrons. The predicted molar refractivity (Wildman–Crippen MR) is 90.0 cm³/mol. The van der Waals surface area contributed by atoms with E-state index in [1.54, 1.807) is 6.20 Å². The number of amides is 1. The molecule has 0 radical (unpaired) electrons. The third-order valence-electron chi connectivity index (χ3n) is 3.23. The molecule has 2 rings (SSSR count). The van der Waals surface area contributed by atoms with Crippen molar-refractivity contribution in [2.45, 2.75) is 13.0 Å². The van der Waals surface area contributed by atoms with E-state index in [2.05, 4.69) is 15.6 Å². The van der Waals surface area contributed by atoms with Crippen molar-refractivity contribution in [2.24, 2.45) is 0 Å². The summed E-state index contributed by atoms with van der Waals surface area (Å²) in [6.07, 6.45) is 2.20. The van der Waals surface area contributed by atoms with Crippen LogP contribution in [0.2, 0.25) is 0 Å². The first-order valence-corrected chi connectivity index (χ1v) is 7.33. The van der Waals surface area contributed by atoms with Gasteiger partial charge >= 0.3 is 0 Å². The normalized spacial score (nSPS) is 10.3. The monoisotopic (exact) mass is 298 g/mol. The lowest BCUT2D eigenvalue weighted by Gasteiger charge is -2.13. The summed E-state index contributed by atoms with van der Waals surface area (Å²) in [5, 5.41) is 6.11. The Hall–Kier alpha value is -2.40. The molecule has 0 unspecified atom stereocenters. The molecule has 1 amide bonds. The Kier molecular flexibility index (Phi) is 5.91. The van der Waals surface area contributed by atoms with Gasteiger partial charge in [0.2, 0.25) is 5.91 Å². The number of carbonyl (C=O) groups excluding carboxylic acids is 1. The molecule has 0 saturated carbocycles. The number of hydrogen-bond donors (Lipinski definition) is 2. The Labute approximate surface area is 131 Å². The van der Waals surface area contributed by atoms with Gasteiger partial charge in [-0.05, 0) is 36.4 Å². The maximum Gasteiger partial charge on any atom is 0.225 e. The van der Waals surface area contributed by atoms with Crippen LogP contribution < -0.4 is 15.5 Å². The van der Waals surface area contributed by atoms with Gasteiger partial charge in [-0.15, -0.1) is 0 Å². The molecule has 0 aliphatic carbocycles. The summed E-state index contributed by atoms with van der Waals surface area (Å²) < 4.78 is 0. The lowest BCUT2D eigenvalue weighted by atomic mass is 10.2. The first kappa shape index (κ1) is 16.0. The van der Waals surface area contributed by atoms with Crippen molar-refractivity contribution < 1.29 is 4.79 Å². The highest BCUT2D eigenvalue weighted by Gasteiger charge is 2.03. The first-order chi connectivity index (χ1) is 10.6. The number of hydrogen-bond acceptors (Lipinski definition) is 4. The van der Waals surface area contributed by atoms with Crippen LogP contribution in [0.5, 0.6) is 0 Å². The van der Waals surface area contributed by atoms with Crippen LogP contribution in [0.15, 0.2) is 48.7 Å². The third kappa shape index (κ3) is 5.18. The van der Waals surface area contributed by atoms with E-state index >= 15 is 0 Å². The van der Waals surface area contributed by atoms with Gasteiger partial charge in [-0.1, -0.05) is 6.07 Å². The zero-order chi connectivity index (χ0) is 15.8. The number of anilines is 2. The van der Waals surface area contributed by atoms with Crippen LogP contribution >= 0.6 is 0 Å². The average Bonchev–Trinajstić information content (AvgIpc) is 2.53. The maximum absolute atomic E-state index is 11.9. The predicted octanol–water partition coefficient (Wildman–Crippen LogP) is 2.27. The molecule has 0 saturated heterocycles. The summed E-state index contributed by atoms with van der Waals surface area (Å²) in [7, 11) is 3.97. The van der Waals surface area contributed by atoms with Crippen LogP contribution in [-0.2, 0) is 11.3 Å². The van der Waals surface area contributed by atoms with Crippen LogP contribution in [0.25, 0.3) is 0 Å². The number of carbonyl (C=O) groups is 1. The van der Waals surface area contributed by atoms with Crippen LogP contribution in [0, 0.1) is 0 Å². The quantitative estimate of drug-likeness (QED) is 0.770. The van der Waals surface area contributed by atoms with E-state index in [1.807, 2.05) is 61.5 Å². The lowest BCUT2D eigenvalue weighted by molar-refractivity contribution is -0.116. The third-order valence-corrected chi connectivity index (χ3v) is 3.23. The molecule has 0 aliphatic heterocycles. The molecule has 0 atom stereocenters. The first-order valence-electron chi connectivity index (χ1n) is 7.33. The number of nitrogens with zero attached hydrogens (tertiary/aromatic N) is 2. The highest BCUT2D eigenvalue weighted by Crippen LogP contribution is 2.15. The van der Waals surface area contributed by atoms with Crippen molar-refractivity contribution in [3.8, 4) is 0 Å². The fourth-order valence-electron chi connectivity index (χ4n) is 1.99. The Balaban J connectivity index is 1.69. The molecule has 1 aromatic heterocycles. The highest BCUT2D eigenvalue weighted by atomic mass is 16.1. The molecule has 0 fully saturated rings. The minimum Gasteiger partial charge on any atom is -0.378 e. The SMILES string of the molecule is CN(C)c1ccc(NC(=O)CCNCc2ccccn2)cc1. The molecule has 0 bridgehead atoms. The van der Waals surface area contributed by atoms with Crippen LogP contribution in [0.3, 0.4) is 0 Å². The smallest absolute Gasteiger partial charge is 0.225 e. The molecule has 1 aromatic carbocycles. The van der Waals surface area contributed by atoms with Crippen LogP contribution in [-0.4, -0.2) is 31.5 Å². The summed E-state index contributed by atoms with van der Waals surface area (Å²) in [6, 6.07) is 13.6. The van der Waals surface area contributed by atoms with E-state index in [0.29, 0.717) is 19.5 Å². The minimum absolute atomic E-state index is 0.00567. The number of aromatic nitrogens is 1. The van der Waals surface area contributed by atoms with E-state index in [9.17, 15) is 4.79 Å². The molecule has 5 nitrogen and oxygen atoms in total. The largest absolute Gasteiger partial charge is 0.378 e. The molecular weight excluding hydrogens is 276 g/mol. The average molecular weight is 298 g/mol. The van der Waals surface area contributed by atoms with E-state index in [-0.39, 0.29) is 5.91 Å². The Morgan fingerprint density at radius 3 is 2.55 bits per heavy atom. The zero-order valence-electron chi connectivity index (χ0n) is 13.0. The van der Waals surface area contributed by atoms with Crippen molar-refractivity contribution in [3.63, 3.8) is 0 Å². The standard InChI is InChI=1S/C17H22N4O/c1-21(2)16-8-6-14(7-9-16)20-17(22)10-12-18-13-15-5-3-4-11-19-15/h3-9,11,18H,10,12-13H2,1-2H3,(H,20,22). The summed E-state index contributed by atoms with van der Waals surface area (Å²) in [6.45, 7) is 1.30. The van der Waals surface area contributed by atoms with Gasteiger partial charge in [0.05, 0.1) is 5.69 Å². The second-order valence-corrected chi connectivity index (χ2v) is 5.24. The van der Waals surface area contributed by atoms with Crippen molar-refractivity contribution in [1.29, 1.82) is 0 Å². The van der Waals surface area contributed by atoms with Gasteiger partial charge in [-0.3, -0.25) is 9.78 Å². The van der Waals surface area contributed by atoms with Gasteiger partial charge < -0.3 is 15.5 Å². The van der Waals surface area contributed by atoms with Gasteiger partial charge in [0.15, 0.2) is 0 Å². The van der Waals surface area contributed by atoms with Crippen molar-refractivity contribution >= 4 is 17.3 Å². The number of rotatable bonds is 7. The van der Waals surface area contributed by atoms with Gasteiger partial charge in [-0.25, -0.2) is 0 Å². The molecule has 0 spiro atoms. The van der Waals surface area contributed by atoms with E-state index < -0.39 is 0 Å². The van der Waals surface area contributed by atoms with Crippen molar-refractivity contribution in [3.05, 3.63) is 54.4 Å². The number of nitrogens with one attached hydrogen (secondary N) is 2. The van der Waals surface area contributed by atoms with E-state index in [1.165, 1.54) is 0 Å². The van der Waals surface area contributed by atoms with Gasteiger partial charge in [-0.2, -0.15) is 0 Å². The second-order valence-electron chi connectivity index (χ2n) is 5.24.